The number of hydrogen-bond donors (Lipinski definition) is 1. The summed E-state index contributed by atoms with van der Waals surface area (Å²) in [6, 6.07) is 9.68. The van der Waals surface area contributed by atoms with Crippen molar-refractivity contribution >= 4 is 5.91 Å². The zero-order chi connectivity index (χ0) is 12.3. The van der Waals surface area contributed by atoms with Gasteiger partial charge in [-0.25, -0.2) is 0 Å². The van der Waals surface area contributed by atoms with Crippen LogP contribution in [0.4, 0.5) is 0 Å². The summed E-state index contributed by atoms with van der Waals surface area (Å²) in [4.78, 5) is 11.8. The topological polar surface area (TPSA) is 42.2 Å². The Bertz CT molecular complexity index is 529. The third-order valence-electron chi connectivity index (χ3n) is 2.80. The lowest BCUT2D eigenvalue weighted by molar-refractivity contribution is 0.0949. The maximum atomic E-state index is 11.8. The molecule has 0 saturated heterocycles. The zero-order valence-corrected chi connectivity index (χ0v) is 9.99. The number of carbonyl (C=O) groups excluding carboxylic acids is 1. The molecule has 1 aromatic carbocycles. The summed E-state index contributed by atoms with van der Waals surface area (Å²) in [6.07, 6.45) is 1.53. The molecule has 3 nitrogen and oxygen atoms in total. The van der Waals surface area contributed by atoms with Gasteiger partial charge in [-0.1, -0.05) is 24.3 Å². The standard InChI is InChI=1S/C14H15NO2/c1-10-5-3-4-6-12(10)9-15-14(16)13-7-8-17-11(13)2/h3-8H,9H2,1-2H3,(H,15,16). The van der Waals surface area contributed by atoms with Crippen LogP contribution in [-0.2, 0) is 6.54 Å². The van der Waals surface area contributed by atoms with E-state index in [0.717, 1.165) is 5.56 Å². The van der Waals surface area contributed by atoms with E-state index in [4.69, 9.17) is 4.42 Å². The fourth-order valence-corrected chi connectivity index (χ4v) is 1.70. The molecule has 3 heteroatoms. The minimum Gasteiger partial charge on any atom is -0.469 e. The van der Waals surface area contributed by atoms with Crippen molar-refractivity contribution in [3.05, 3.63) is 59.0 Å². The summed E-state index contributed by atoms with van der Waals surface area (Å²) in [6.45, 7) is 4.35. The molecule has 0 fully saturated rings. The molecule has 0 radical (unpaired) electrons. The number of benzene rings is 1. The molecule has 17 heavy (non-hydrogen) atoms. The Morgan fingerprint density at radius 3 is 2.65 bits per heavy atom. The molecule has 0 aliphatic rings. The van der Waals surface area contributed by atoms with Crippen molar-refractivity contribution in [1.29, 1.82) is 0 Å². The summed E-state index contributed by atoms with van der Waals surface area (Å²) in [7, 11) is 0. The van der Waals surface area contributed by atoms with Crippen LogP contribution in [0.25, 0.3) is 0 Å². The summed E-state index contributed by atoms with van der Waals surface area (Å²) in [5.74, 6) is 0.548. The average molecular weight is 229 g/mol. The summed E-state index contributed by atoms with van der Waals surface area (Å²) < 4.78 is 5.10. The maximum Gasteiger partial charge on any atom is 0.255 e. The molecule has 0 aliphatic heterocycles. The van der Waals surface area contributed by atoms with Crippen LogP contribution in [0.5, 0.6) is 0 Å². The van der Waals surface area contributed by atoms with Gasteiger partial charge in [0.2, 0.25) is 0 Å². The van der Waals surface area contributed by atoms with Gasteiger partial charge < -0.3 is 9.73 Å². The van der Waals surface area contributed by atoms with E-state index in [9.17, 15) is 4.79 Å². The highest BCUT2D eigenvalue weighted by molar-refractivity contribution is 5.94. The monoisotopic (exact) mass is 229 g/mol. The Labute approximate surface area is 100 Å². The van der Waals surface area contributed by atoms with Gasteiger partial charge in [0.1, 0.15) is 5.76 Å². The molecule has 2 aromatic rings. The van der Waals surface area contributed by atoms with Gasteiger partial charge in [-0.05, 0) is 31.0 Å². The second-order valence-electron chi connectivity index (χ2n) is 4.00. The first-order valence-electron chi connectivity index (χ1n) is 5.55. The summed E-state index contributed by atoms with van der Waals surface area (Å²) in [5.41, 5.74) is 2.90. The Morgan fingerprint density at radius 1 is 1.24 bits per heavy atom. The van der Waals surface area contributed by atoms with Crippen molar-refractivity contribution < 1.29 is 9.21 Å². The predicted molar refractivity (Wildman–Crippen MR) is 65.8 cm³/mol. The van der Waals surface area contributed by atoms with Crippen molar-refractivity contribution in [2.75, 3.05) is 0 Å². The number of carbonyl (C=O) groups is 1. The summed E-state index contributed by atoms with van der Waals surface area (Å²) in [5, 5.41) is 2.88. The van der Waals surface area contributed by atoms with Crippen LogP contribution in [0, 0.1) is 13.8 Å². The van der Waals surface area contributed by atoms with Crippen molar-refractivity contribution in [3.8, 4) is 0 Å². The van der Waals surface area contributed by atoms with Gasteiger partial charge in [-0.3, -0.25) is 4.79 Å². The second-order valence-corrected chi connectivity index (χ2v) is 4.00. The first-order valence-corrected chi connectivity index (χ1v) is 5.55. The van der Waals surface area contributed by atoms with Gasteiger partial charge in [0.25, 0.3) is 5.91 Å². The predicted octanol–water partition coefficient (Wildman–Crippen LogP) is 2.83. The third kappa shape index (κ3) is 2.56. The highest BCUT2D eigenvalue weighted by Crippen LogP contribution is 2.10. The summed E-state index contributed by atoms with van der Waals surface area (Å²) >= 11 is 0. The smallest absolute Gasteiger partial charge is 0.255 e. The van der Waals surface area contributed by atoms with Gasteiger partial charge >= 0.3 is 0 Å². The Kier molecular flexibility index (Phi) is 3.28. The third-order valence-corrected chi connectivity index (χ3v) is 2.80. The lowest BCUT2D eigenvalue weighted by Crippen LogP contribution is -2.23. The van der Waals surface area contributed by atoms with E-state index in [-0.39, 0.29) is 5.91 Å². The van der Waals surface area contributed by atoms with Crippen molar-refractivity contribution in [3.63, 3.8) is 0 Å². The Morgan fingerprint density at radius 2 is 2.00 bits per heavy atom. The van der Waals surface area contributed by atoms with E-state index in [1.807, 2.05) is 31.2 Å². The van der Waals surface area contributed by atoms with E-state index in [2.05, 4.69) is 5.32 Å². The average Bonchev–Trinajstić information content (AvgIpc) is 2.74. The van der Waals surface area contributed by atoms with Crippen molar-refractivity contribution in [1.82, 2.24) is 5.32 Å². The highest BCUT2D eigenvalue weighted by atomic mass is 16.3. The van der Waals surface area contributed by atoms with Crippen LogP contribution in [0.1, 0.15) is 27.2 Å². The van der Waals surface area contributed by atoms with Crippen LogP contribution < -0.4 is 5.32 Å². The largest absolute Gasteiger partial charge is 0.469 e. The number of furan rings is 1. The number of aryl methyl sites for hydroxylation is 2. The first-order chi connectivity index (χ1) is 8.18. The number of nitrogens with one attached hydrogen (secondary N) is 1. The Hall–Kier alpha value is -2.03. The van der Waals surface area contributed by atoms with E-state index in [1.165, 1.54) is 11.8 Å². The lowest BCUT2D eigenvalue weighted by Gasteiger charge is -2.07. The Balaban J connectivity index is 2.02. The molecular weight excluding hydrogens is 214 g/mol. The van der Waals surface area contributed by atoms with Gasteiger partial charge in [0.05, 0.1) is 11.8 Å². The lowest BCUT2D eigenvalue weighted by atomic mass is 10.1. The molecule has 0 bridgehead atoms. The number of amides is 1. The van der Waals surface area contributed by atoms with E-state index in [0.29, 0.717) is 17.9 Å². The second kappa shape index (κ2) is 4.87. The maximum absolute atomic E-state index is 11.8. The van der Waals surface area contributed by atoms with Crippen LogP contribution in [0.3, 0.4) is 0 Å². The SMILES string of the molecule is Cc1ccccc1CNC(=O)c1ccoc1C. The number of hydrogen-bond acceptors (Lipinski definition) is 2. The van der Waals surface area contributed by atoms with Gasteiger partial charge in [-0.15, -0.1) is 0 Å². The molecule has 0 aliphatic carbocycles. The van der Waals surface area contributed by atoms with Crippen LogP contribution in [-0.4, -0.2) is 5.91 Å². The fourth-order valence-electron chi connectivity index (χ4n) is 1.70. The molecule has 2 rings (SSSR count). The van der Waals surface area contributed by atoms with E-state index in [1.54, 1.807) is 13.0 Å². The molecule has 1 aromatic heterocycles. The molecule has 0 saturated carbocycles. The molecular formula is C14H15NO2. The normalized spacial score (nSPS) is 10.2. The molecule has 0 spiro atoms. The van der Waals surface area contributed by atoms with E-state index >= 15 is 0 Å². The molecule has 1 amide bonds. The molecule has 1 N–H and O–H groups in total. The van der Waals surface area contributed by atoms with Crippen LogP contribution in [0.15, 0.2) is 41.0 Å². The van der Waals surface area contributed by atoms with Crippen LogP contribution in [0.2, 0.25) is 0 Å². The minimum atomic E-state index is -0.0977. The van der Waals surface area contributed by atoms with Crippen LogP contribution >= 0.6 is 0 Å². The van der Waals surface area contributed by atoms with Gasteiger partial charge in [0, 0.05) is 6.54 Å². The zero-order valence-electron chi connectivity index (χ0n) is 9.99. The molecule has 88 valence electrons. The molecule has 0 atom stereocenters. The quantitative estimate of drug-likeness (QED) is 0.879. The van der Waals surface area contributed by atoms with Crippen molar-refractivity contribution in [2.24, 2.45) is 0 Å². The van der Waals surface area contributed by atoms with Crippen molar-refractivity contribution in [2.45, 2.75) is 20.4 Å². The van der Waals surface area contributed by atoms with Gasteiger partial charge in [-0.2, -0.15) is 0 Å². The molecule has 0 unspecified atom stereocenters. The van der Waals surface area contributed by atoms with Gasteiger partial charge in [0.15, 0.2) is 0 Å². The minimum absolute atomic E-state index is 0.0977. The molecule has 1 heterocycles. The van der Waals surface area contributed by atoms with E-state index < -0.39 is 0 Å². The highest BCUT2D eigenvalue weighted by Gasteiger charge is 2.10. The number of rotatable bonds is 3. The fraction of sp³-hybridized carbons (Fsp3) is 0.214. The first kappa shape index (κ1) is 11.5.